The second-order valence-electron chi connectivity index (χ2n) is 6.13. The van der Waals surface area contributed by atoms with E-state index in [4.69, 9.17) is 9.47 Å². The van der Waals surface area contributed by atoms with Crippen molar-refractivity contribution in [2.45, 2.75) is 13.0 Å². The van der Waals surface area contributed by atoms with Crippen LogP contribution in [0.4, 0.5) is 5.13 Å². The van der Waals surface area contributed by atoms with Gasteiger partial charge in [0.1, 0.15) is 11.5 Å². The van der Waals surface area contributed by atoms with Crippen LogP contribution in [-0.2, 0) is 17.8 Å². The highest BCUT2D eigenvalue weighted by Crippen LogP contribution is 2.18. The standard InChI is InChI=1S/C21H21N3O4S/c1-27-17-7-3-14(4-8-17)12-22-19(25)11-16-13-29-21(23-16)24-20(26)15-5-9-18(28-2)10-6-15/h3-10,13H,11-12H2,1-2H3,(H,22,25)(H,23,24,26). The monoisotopic (exact) mass is 411 g/mol. The molecule has 2 N–H and O–H groups in total. The highest BCUT2D eigenvalue weighted by Gasteiger charge is 2.11. The zero-order valence-electron chi connectivity index (χ0n) is 16.1. The third-order valence-electron chi connectivity index (χ3n) is 4.11. The first kappa shape index (κ1) is 20.3. The molecule has 0 aliphatic heterocycles. The summed E-state index contributed by atoms with van der Waals surface area (Å²) in [5.41, 5.74) is 2.08. The van der Waals surface area contributed by atoms with Gasteiger partial charge in [-0.05, 0) is 42.0 Å². The number of aromatic nitrogens is 1. The quantitative estimate of drug-likeness (QED) is 0.594. The van der Waals surface area contributed by atoms with Crippen molar-refractivity contribution in [3.05, 3.63) is 70.7 Å². The SMILES string of the molecule is COc1ccc(CNC(=O)Cc2csc(NC(=O)c3ccc(OC)cc3)n2)cc1. The summed E-state index contributed by atoms with van der Waals surface area (Å²) in [5, 5.41) is 7.81. The average molecular weight is 411 g/mol. The van der Waals surface area contributed by atoms with E-state index < -0.39 is 0 Å². The largest absolute Gasteiger partial charge is 0.497 e. The van der Waals surface area contributed by atoms with Crippen molar-refractivity contribution in [2.75, 3.05) is 19.5 Å². The molecule has 1 aromatic heterocycles. The van der Waals surface area contributed by atoms with E-state index in [9.17, 15) is 9.59 Å². The number of benzene rings is 2. The predicted octanol–water partition coefficient (Wildman–Crippen LogP) is 3.27. The summed E-state index contributed by atoms with van der Waals surface area (Å²) >= 11 is 1.28. The van der Waals surface area contributed by atoms with Crippen molar-refractivity contribution in [1.82, 2.24) is 10.3 Å². The Balaban J connectivity index is 1.49. The van der Waals surface area contributed by atoms with Crippen LogP contribution in [0.3, 0.4) is 0 Å². The number of nitrogens with zero attached hydrogens (tertiary/aromatic N) is 1. The van der Waals surface area contributed by atoms with Gasteiger partial charge in [-0.1, -0.05) is 12.1 Å². The Kier molecular flexibility index (Phi) is 6.80. The molecule has 0 aliphatic rings. The Labute approximate surface area is 172 Å². The molecular weight excluding hydrogens is 390 g/mol. The zero-order valence-corrected chi connectivity index (χ0v) is 16.9. The van der Waals surface area contributed by atoms with E-state index in [0.29, 0.717) is 28.7 Å². The smallest absolute Gasteiger partial charge is 0.257 e. The number of carbonyl (C=O) groups excluding carboxylic acids is 2. The lowest BCUT2D eigenvalue weighted by molar-refractivity contribution is -0.120. The van der Waals surface area contributed by atoms with Crippen molar-refractivity contribution in [3.63, 3.8) is 0 Å². The van der Waals surface area contributed by atoms with Crippen LogP contribution >= 0.6 is 11.3 Å². The number of hydrogen-bond donors (Lipinski definition) is 2. The van der Waals surface area contributed by atoms with Crippen molar-refractivity contribution < 1.29 is 19.1 Å². The maximum absolute atomic E-state index is 12.3. The molecule has 3 aromatic rings. The minimum atomic E-state index is -0.266. The zero-order chi connectivity index (χ0) is 20.6. The molecule has 0 atom stereocenters. The summed E-state index contributed by atoms with van der Waals surface area (Å²) in [7, 11) is 3.18. The summed E-state index contributed by atoms with van der Waals surface area (Å²) in [6, 6.07) is 14.3. The van der Waals surface area contributed by atoms with Gasteiger partial charge in [0.05, 0.1) is 26.3 Å². The van der Waals surface area contributed by atoms with Gasteiger partial charge in [0.2, 0.25) is 5.91 Å². The van der Waals surface area contributed by atoms with Crippen LogP contribution in [0.15, 0.2) is 53.9 Å². The number of anilines is 1. The predicted molar refractivity (Wildman–Crippen MR) is 112 cm³/mol. The molecule has 1 heterocycles. The molecule has 0 unspecified atom stereocenters. The van der Waals surface area contributed by atoms with Gasteiger partial charge in [-0.2, -0.15) is 0 Å². The summed E-state index contributed by atoms with van der Waals surface area (Å²) in [5.74, 6) is 1.04. The topological polar surface area (TPSA) is 89.6 Å². The fraction of sp³-hybridized carbons (Fsp3) is 0.190. The third kappa shape index (κ3) is 5.79. The second-order valence-corrected chi connectivity index (χ2v) is 6.99. The molecule has 7 nitrogen and oxygen atoms in total. The first-order valence-corrected chi connectivity index (χ1v) is 9.75. The molecule has 0 aliphatic carbocycles. The fourth-order valence-corrected chi connectivity index (χ4v) is 3.23. The summed E-state index contributed by atoms with van der Waals surface area (Å²) in [6.45, 7) is 0.425. The van der Waals surface area contributed by atoms with Gasteiger partial charge in [0.25, 0.3) is 5.91 Å². The van der Waals surface area contributed by atoms with Crippen LogP contribution < -0.4 is 20.1 Å². The van der Waals surface area contributed by atoms with E-state index in [1.807, 2.05) is 24.3 Å². The van der Waals surface area contributed by atoms with Crippen LogP contribution in [0, 0.1) is 0 Å². The van der Waals surface area contributed by atoms with Crippen molar-refractivity contribution in [1.29, 1.82) is 0 Å². The van der Waals surface area contributed by atoms with E-state index in [0.717, 1.165) is 11.3 Å². The highest BCUT2D eigenvalue weighted by molar-refractivity contribution is 7.14. The lowest BCUT2D eigenvalue weighted by Crippen LogP contribution is -2.24. The Morgan fingerprint density at radius 3 is 2.21 bits per heavy atom. The molecule has 2 aromatic carbocycles. The summed E-state index contributed by atoms with van der Waals surface area (Å²) in [6.07, 6.45) is 0.144. The molecule has 0 fully saturated rings. The van der Waals surface area contributed by atoms with Crippen LogP contribution in [-0.4, -0.2) is 31.0 Å². The summed E-state index contributed by atoms with van der Waals surface area (Å²) < 4.78 is 10.2. The van der Waals surface area contributed by atoms with E-state index >= 15 is 0 Å². The van der Waals surface area contributed by atoms with E-state index in [1.54, 1.807) is 43.9 Å². The lowest BCUT2D eigenvalue weighted by Gasteiger charge is -2.05. The molecule has 0 spiro atoms. The van der Waals surface area contributed by atoms with Crippen LogP contribution in [0.5, 0.6) is 11.5 Å². The molecule has 0 saturated carbocycles. The van der Waals surface area contributed by atoms with Gasteiger partial charge in [-0.15, -0.1) is 11.3 Å². The van der Waals surface area contributed by atoms with Crippen molar-refractivity contribution >= 4 is 28.3 Å². The minimum Gasteiger partial charge on any atom is -0.497 e. The Morgan fingerprint density at radius 1 is 0.966 bits per heavy atom. The minimum absolute atomic E-state index is 0.140. The molecule has 0 saturated heterocycles. The fourth-order valence-electron chi connectivity index (χ4n) is 2.53. The second kappa shape index (κ2) is 9.70. The van der Waals surface area contributed by atoms with Crippen LogP contribution in [0.1, 0.15) is 21.6 Å². The molecule has 3 rings (SSSR count). The molecule has 8 heteroatoms. The molecular formula is C21H21N3O4S. The van der Waals surface area contributed by atoms with Crippen LogP contribution in [0.2, 0.25) is 0 Å². The Bertz CT molecular complexity index is 968. The lowest BCUT2D eigenvalue weighted by atomic mass is 10.2. The maximum atomic E-state index is 12.3. The van der Waals surface area contributed by atoms with Crippen LogP contribution in [0.25, 0.3) is 0 Å². The van der Waals surface area contributed by atoms with Gasteiger partial charge in [0.15, 0.2) is 5.13 Å². The number of thiazole rings is 1. The van der Waals surface area contributed by atoms with Gasteiger partial charge < -0.3 is 14.8 Å². The Hall–Kier alpha value is -3.39. The first-order chi connectivity index (χ1) is 14.1. The van der Waals surface area contributed by atoms with E-state index in [2.05, 4.69) is 15.6 Å². The maximum Gasteiger partial charge on any atom is 0.257 e. The van der Waals surface area contributed by atoms with Gasteiger partial charge in [-0.25, -0.2) is 4.98 Å². The number of carbonyl (C=O) groups is 2. The van der Waals surface area contributed by atoms with Gasteiger partial charge in [0, 0.05) is 17.5 Å². The number of methoxy groups -OCH3 is 2. The molecule has 0 radical (unpaired) electrons. The van der Waals surface area contributed by atoms with E-state index in [-0.39, 0.29) is 18.2 Å². The highest BCUT2D eigenvalue weighted by atomic mass is 32.1. The first-order valence-electron chi connectivity index (χ1n) is 8.87. The Morgan fingerprint density at radius 2 is 1.59 bits per heavy atom. The van der Waals surface area contributed by atoms with Crippen molar-refractivity contribution in [2.24, 2.45) is 0 Å². The normalized spacial score (nSPS) is 10.3. The number of rotatable bonds is 8. The number of amides is 2. The van der Waals surface area contributed by atoms with Gasteiger partial charge >= 0.3 is 0 Å². The van der Waals surface area contributed by atoms with E-state index in [1.165, 1.54) is 11.3 Å². The number of ether oxygens (including phenoxy) is 2. The summed E-state index contributed by atoms with van der Waals surface area (Å²) in [4.78, 5) is 28.7. The third-order valence-corrected chi connectivity index (χ3v) is 4.92. The average Bonchev–Trinajstić information content (AvgIpc) is 3.19. The molecule has 150 valence electrons. The number of hydrogen-bond acceptors (Lipinski definition) is 6. The molecule has 2 amide bonds. The van der Waals surface area contributed by atoms with Gasteiger partial charge in [-0.3, -0.25) is 14.9 Å². The molecule has 29 heavy (non-hydrogen) atoms. The number of nitrogens with one attached hydrogen (secondary N) is 2. The molecule has 0 bridgehead atoms. The van der Waals surface area contributed by atoms with Crippen molar-refractivity contribution in [3.8, 4) is 11.5 Å².